The minimum atomic E-state index is 0.589. The fourth-order valence-corrected chi connectivity index (χ4v) is 13.5. The first-order valence-electron chi connectivity index (χ1n) is 26.6. The third-order valence-corrected chi connectivity index (χ3v) is 16.1. The van der Waals surface area contributed by atoms with Crippen molar-refractivity contribution in [3.63, 3.8) is 0 Å². The Bertz CT molecular complexity index is 4150. The van der Waals surface area contributed by atoms with Crippen molar-refractivity contribution in [2.45, 2.75) is 83.1 Å². The predicted molar refractivity (Wildman–Crippen MR) is 322 cm³/mol. The smallest absolute Gasteiger partial charge is 0.0998 e. The number of fused-ring (bicyclic) bond motifs is 6. The SMILES string of the molecule is Cc1cc(C)c(-c2ccc3c(c2)c2cc(-c4c(C)cc(C)cc4C)ccc2n3-c2cc(C#N)c(-c3ccncc3)cc2-n2c3ccc(-c4c(C)cc(C)cc4C)cc3c3cc(-c4c(C)cc(C)cc4C)ccc32)c(C)c1. The first-order valence-corrected chi connectivity index (χ1v) is 26.6. The molecule has 0 spiro atoms. The summed E-state index contributed by atoms with van der Waals surface area (Å²) in [4.78, 5) is 4.40. The van der Waals surface area contributed by atoms with Gasteiger partial charge in [-0.25, -0.2) is 0 Å². The number of aromatic nitrogens is 3. The number of hydrogen-bond acceptors (Lipinski definition) is 2. The largest absolute Gasteiger partial charge is 0.307 e. The van der Waals surface area contributed by atoms with Crippen LogP contribution in [-0.2, 0) is 0 Å². The lowest BCUT2D eigenvalue weighted by atomic mass is 9.91. The summed E-state index contributed by atoms with van der Waals surface area (Å²) in [6.07, 6.45) is 3.63. The molecule has 0 saturated carbocycles. The zero-order valence-electron chi connectivity index (χ0n) is 45.8. The molecule has 0 N–H and O–H groups in total. The first-order chi connectivity index (χ1) is 36.6. The van der Waals surface area contributed by atoms with Crippen molar-refractivity contribution in [3.05, 3.63) is 230 Å². The molecule has 0 unspecified atom stereocenters. The Kier molecular flexibility index (Phi) is 11.6. The summed E-state index contributed by atoms with van der Waals surface area (Å²) in [5, 5.41) is 15.9. The Morgan fingerprint density at radius 3 is 0.868 bits per heavy atom. The highest BCUT2D eigenvalue weighted by molar-refractivity contribution is 6.14. The molecular formula is C72H62N4. The van der Waals surface area contributed by atoms with Crippen molar-refractivity contribution in [1.82, 2.24) is 14.1 Å². The lowest BCUT2D eigenvalue weighted by Gasteiger charge is -2.20. The molecule has 12 rings (SSSR count). The van der Waals surface area contributed by atoms with Crippen LogP contribution >= 0.6 is 0 Å². The third-order valence-electron chi connectivity index (χ3n) is 16.1. The molecule has 0 amide bonds. The van der Waals surface area contributed by atoms with E-state index in [4.69, 9.17) is 0 Å². The van der Waals surface area contributed by atoms with Crippen LogP contribution in [0.1, 0.15) is 72.3 Å². The monoisotopic (exact) mass is 982 g/mol. The molecule has 0 atom stereocenters. The molecule has 3 heterocycles. The van der Waals surface area contributed by atoms with Gasteiger partial charge in [-0.05, 0) is 250 Å². The molecule has 76 heavy (non-hydrogen) atoms. The maximum Gasteiger partial charge on any atom is 0.0998 e. The van der Waals surface area contributed by atoms with E-state index in [9.17, 15) is 5.26 Å². The maximum atomic E-state index is 11.3. The standard InChI is InChI=1S/C72H62N4/c1-40-25-44(5)69(45(6)26-40)53-13-17-63-59(33-53)60-34-54(70-46(7)27-41(2)28-47(70)8)14-18-64(60)75(63)67-37-57(39-73)58(52-21-23-74-24-22-52)38-68(67)76-65-19-15-55(71-48(9)29-42(3)30-49(71)10)35-61(65)62-36-56(16-20-66(62)76)72-50(11)31-43(4)32-51(72)12/h13-38H,1-12H3. The van der Waals surface area contributed by atoms with Gasteiger partial charge in [-0.2, -0.15) is 5.26 Å². The lowest BCUT2D eigenvalue weighted by molar-refractivity contribution is 1.09. The van der Waals surface area contributed by atoms with Crippen LogP contribution in [0.4, 0.5) is 0 Å². The molecule has 0 bridgehead atoms. The summed E-state index contributed by atoms with van der Waals surface area (Å²) in [5.41, 5.74) is 33.6. The highest BCUT2D eigenvalue weighted by atomic mass is 15.1. The lowest BCUT2D eigenvalue weighted by Crippen LogP contribution is -2.05. The molecule has 0 radical (unpaired) electrons. The van der Waals surface area contributed by atoms with Crippen LogP contribution in [0.2, 0.25) is 0 Å². The van der Waals surface area contributed by atoms with Gasteiger partial charge in [0.15, 0.2) is 0 Å². The van der Waals surface area contributed by atoms with Gasteiger partial charge < -0.3 is 9.13 Å². The molecule has 9 aromatic carbocycles. The molecule has 0 fully saturated rings. The van der Waals surface area contributed by atoms with Crippen molar-refractivity contribution in [3.8, 4) is 73.1 Å². The van der Waals surface area contributed by atoms with E-state index in [1.54, 1.807) is 0 Å². The molecule has 370 valence electrons. The highest BCUT2D eigenvalue weighted by Gasteiger charge is 2.25. The molecule has 0 aliphatic rings. The molecular weight excluding hydrogens is 921 g/mol. The Hall–Kier alpha value is -8.78. The molecule has 3 aromatic heterocycles. The summed E-state index contributed by atoms with van der Waals surface area (Å²) in [6.45, 7) is 26.6. The van der Waals surface area contributed by atoms with Crippen molar-refractivity contribution >= 4 is 43.6 Å². The number of rotatable bonds is 7. The number of hydrogen-bond donors (Lipinski definition) is 0. The minimum Gasteiger partial charge on any atom is -0.307 e. The van der Waals surface area contributed by atoms with Gasteiger partial charge in [-0.3, -0.25) is 4.98 Å². The second kappa shape index (κ2) is 18.3. The van der Waals surface area contributed by atoms with Gasteiger partial charge in [0.2, 0.25) is 0 Å². The van der Waals surface area contributed by atoms with E-state index in [0.717, 1.165) is 55.3 Å². The summed E-state index contributed by atoms with van der Waals surface area (Å²) in [6, 6.07) is 57.5. The Balaban J connectivity index is 1.22. The van der Waals surface area contributed by atoms with E-state index in [2.05, 4.69) is 237 Å². The first kappa shape index (κ1) is 48.2. The number of nitrogens with zero attached hydrogens (tertiary/aromatic N) is 4. The minimum absolute atomic E-state index is 0.589. The van der Waals surface area contributed by atoms with Gasteiger partial charge in [0, 0.05) is 39.5 Å². The molecule has 12 aromatic rings. The van der Waals surface area contributed by atoms with Crippen LogP contribution in [0.25, 0.3) is 111 Å². The van der Waals surface area contributed by atoms with E-state index in [0.29, 0.717) is 5.56 Å². The van der Waals surface area contributed by atoms with Gasteiger partial charge in [-0.15, -0.1) is 0 Å². The van der Waals surface area contributed by atoms with E-state index in [1.807, 2.05) is 24.5 Å². The zero-order chi connectivity index (χ0) is 53.0. The van der Waals surface area contributed by atoms with Gasteiger partial charge in [0.1, 0.15) is 0 Å². The maximum absolute atomic E-state index is 11.3. The quantitative estimate of drug-likeness (QED) is 0.160. The topological polar surface area (TPSA) is 46.5 Å². The van der Waals surface area contributed by atoms with Crippen LogP contribution in [0.3, 0.4) is 0 Å². The molecule has 4 nitrogen and oxygen atoms in total. The second-order valence-corrected chi connectivity index (χ2v) is 21.9. The highest BCUT2D eigenvalue weighted by Crippen LogP contribution is 2.46. The van der Waals surface area contributed by atoms with Gasteiger partial charge in [-0.1, -0.05) is 95.1 Å². The number of pyridine rings is 1. The molecule has 0 saturated heterocycles. The predicted octanol–water partition coefficient (Wildman–Crippen LogP) is 19.2. The summed E-state index contributed by atoms with van der Waals surface area (Å²) in [5.74, 6) is 0. The van der Waals surface area contributed by atoms with Gasteiger partial charge in [0.25, 0.3) is 0 Å². The Morgan fingerprint density at radius 2 is 0.592 bits per heavy atom. The second-order valence-electron chi connectivity index (χ2n) is 21.9. The van der Waals surface area contributed by atoms with E-state index >= 15 is 0 Å². The third kappa shape index (κ3) is 7.84. The molecule has 0 aliphatic carbocycles. The average molecular weight is 983 g/mol. The summed E-state index contributed by atoms with van der Waals surface area (Å²) in [7, 11) is 0. The van der Waals surface area contributed by atoms with E-state index in [1.165, 1.54) is 122 Å². The number of benzene rings is 9. The van der Waals surface area contributed by atoms with Crippen LogP contribution in [0, 0.1) is 94.4 Å². The molecule has 0 aliphatic heterocycles. The van der Waals surface area contributed by atoms with Crippen molar-refractivity contribution in [2.75, 3.05) is 0 Å². The van der Waals surface area contributed by atoms with Crippen LogP contribution in [-0.4, -0.2) is 14.1 Å². The van der Waals surface area contributed by atoms with Gasteiger partial charge >= 0.3 is 0 Å². The number of nitriles is 1. The zero-order valence-corrected chi connectivity index (χ0v) is 45.8. The fourth-order valence-electron chi connectivity index (χ4n) is 13.5. The fraction of sp³-hybridized carbons (Fsp3) is 0.167. The van der Waals surface area contributed by atoms with Gasteiger partial charge in [0.05, 0.1) is 45.1 Å². The van der Waals surface area contributed by atoms with Crippen LogP contribution < -0.4 is 0 Å². The normalized spacial score (nSPS) is 11.7. The Labute approximate surface area is 447 Å². The van der Waals surface area contributed by atoms with Crippen LogP contribution in [0.15, 0.2) is 158 Å². The molecule has 4 heteroatoms. The number of aryl methyl sites for hydroxylation is 12. The van der Waals surface area contributed by atoms with Crippen molar-refractivity contribution < 1.29 is 0 Å². The average Bonchev–Trinajstić information content (AvgIpc) is 3.91. The van der Waals surface area contributed by atoms with Crippen LogP contribution in [0.5, 0.6) is 0 Å². The summed E-state index contributed by atoms with van der Waals surface area (Å²) < 4.78 is 4.88. The van der Waals surface area contributed by atoms with Crippen molar-refractivity contribution in [2.24, 2.45) is 0 Å². The summed E-state index contributed by atoms with van der Waals surface area (Å²) >= 11 is 0. The van der Waals surface area contributed by atoms with Crippen molar-refractivity contribution in [1.29, 1.82) is 5.26 Å². The Morgan fingerprint density at radius 1 is 0.316 bits per heavy atom. The van der Waals surface area contributed by atoms with E-state index in [-0.39, 0.29) is 0 Å². The van der Waals surface area contributed by atoms with E-state index < -0.39 is 0 Å².